The Morgan fingerprint density at radius 3 is 1.56 bits per heavy atom. The average Bonchev–Trinajstić information content (AvgIpc) is 2.61. The zero-order valence-electron chi connectivity index (χ0n) is 17.0. The molecule has 2 rings (SSSR count). The highest BCUT2D eigenvalue weighted by Gasteiger charge is 2.10. The van der Waals surface area contributed by atoms with Gasteiger partial charge in [-0.1, -0.05) is 48.5 Å². The minimum Gasteiger partial charge on any atom is -0.463 e. The summed E-state index contributed by atoms with van der Waals surface area (Å²) in [6, 6.07) is 16.7. The van der Waals surface area contributed by atoms with Crippen LogP contribution in [0.1, 0.15) is 29.2 Å². The van der Waals surface area contributed by atoms with Gasteiger partial charge >= 0.3 is 5.97 Å². The lowest BCUT2D eigenvalue weighted by atomic mass is 9.95. The minimum absolute atomic E-state index is 0.317. The van der Waals surface area contributed by atoms with Crippen LogP contribution in [0.2, 0.25) is 0 Å². The predicted molar refractivity (Wildman–Crippen MR) is 111 cm³/mol. The van der Waals surface area contributed by atoms with Crippen molar-refractivity contribution in [2.45, 2.75) is 20.0 Å². The number of nitrogens with zero attached hydrogens (tertiary/aromatic N) is 2. The van der Waals surface area contributed by atoms with Gasteiger partial charge in [-0.15, -0.1) is 0 Å². The van der Waals surface area contributed by atoms with Crippen LogP contribution in [0.5, 0.6) is 0 Å². The van der Waals surface area contributed by atoms with Crippen molar-refractivity contribution in [2.24, 2.45) is 0 Å². The lowest BCUT2D eigenvalue weighted by Crippen LogP contribution is -2.10. The molecule has 27 heavy (non-hydrogen) atoms. The number of hydrogen-bond acceptors (Lipinski definition) is 4. The lowest BCUT2D eigenvalue weighted by molar-refractivity contribution is -0.137. The summed E-state index contributed by atoms with van der Waals surface area (Å²) in [5.41, 5.74) is 5.36. The molecule has 0 unspecified atom stereocenters. The Labute approximate surface area is 163 Å². The monoisotopic (exact) mass is 366 g/mol. The summed E-state index contributed by atoms with van der Waals surface area (Å²) in [5.74, 6) is -0.317. The van der Waals surface area contributed by atoms with Crippen LogP contribution >= 0.6 is 0 Å². The maximum Gasteiger partial charge on any atom is 0.331 e. The third kappa shape index (κ3) is 6.66. The van der Waals surface area contributed by atoms with Crippen LogP contribution < -0.4 is 0 Å². The smallest absolute Gasteiger partial charge is 0.331 e. The summed E-state index contributed by atoms with van der Waals surface area (Å²) >= 11 is 0. The van der Waals surface area contributed by atoms with Crippen LogP contribution in [-0.4, -0.2) is 50.6 Å². The van der Waals surface area contributed by atoms with Crippen LogP contribution in [-0.2, 0) is 22.6 Å². The fraction of sp³-hybridized carbons (Fsp3) is 0.348. The molecule has 2 aromatic carbocycles. The van der Waals surface area contributed by atoms with Gasteiger partial charge in [-0.2, -0.15) is 0 Å². The molecule has 4 heteroatoms. The molecule has 0 aliphatic rings. The minimum atomic E-state index is -0.317. The van der Waals surface area contributed by atoms with Gasteiger partial charge in [-0.25, -0.2) is 4.79 Å². The molecule has 0 atom stereocenters. The topological polar surface area (TPSA) is 32.8 Å². The zero-order valence-corrected chi connectivity index (χ0v) is 17.0. The number of ether oxygens (including phenoxy) is 1. The first-order valence-corrected chi connectivity index (χ1v) is 9.25. The van der Waals surface area contributed by atoms with E-state index >= 15 is 0 Å². The molecule has 0 aliphatic heterocycles. The van der Waals surface area contributed by atoms with Gasteiger partial charge in [0.05, 0.1) is 6.61 Å². The number of carbonyl (C=O) groups excluding carboxylic acids is 1. The van der Waals surface area contributed by atoms with E-state index in [9.17, 15) is 4.79 Å². The van der Waals surface area contributed by atoms with E-state index in [1.54, 1.807) is 6.08 Å². The maximum atomic E-state index is 12.1. The zero-order chi connectivity index (χ0) is 19.8. The van der Waals surface area contributed by atoms with Gasteiger partial charge in [0.1, 0.15) is 0 Å². The maximum absolute atomic E-state index is 12.1. The Hall–Kier alpha value is -2.43. The van der Waals surface area contributed by atoms with Crippen molar-refractivity contribution >= 4 is 11.5 Å². The number of rotatable bonds is 8. The quantitative estimate of drug-likeness (QED) is 0.525. The largest absolute Gasteiger partial charge is 0.463 e. The molecule has 2 aromatic rings. The summed E-state index contributed by atoms with van der Waals surface area (Å²) in [6.45, 7) is 3.95. The van der Waals surface area contributed by atoms with Gasteiger partial charge in [-0.05, 0) is 62.9 Å². The van der Waals surface area contributed by atoms with Crippen LogP contribution in [0, 0.1) is 0 Å². The summed E-state index contributed by atoms with van der Waals surface area (Å²) in [7, 11) is 8.20. The van der Waals surface area contributed by atoms with Crippen molar-refractivity contribution in [2.75, 3.05) is 34.8 Å². The standard InChI is InChI=1S/C23H30N2O2/c1-6-27-23(26)15-22(20-11-7-18(8-12-20)16-24(2)3)21-13-9-19(10-14-21)17-25(4)5/h7-15H,6,16-17H2,1-5H3. The number of carbonyl (C=O) groups is 1. The van der Waals surface area contributed by atoms with E-state index in [-0.39, 0.29) is 5.97 Å². The first-order chi connectivity index (χ1) is 12.9. The van der Waals surface area contributed by atoms with Crippen molar-refractivity contribution in [1.29, 1.82) is 0 Å². The van der Waals surface area contributed by atoms with Crippen molar-refractivity contribution in [3.8, 4) is 0 Å². The number of hydrogen-bond donors (Lipinski definition) is 0. The van der Waals surface area contributed by atoms with E-state index in [4.69, 9.17) is 4.74 Å². The number of esters is 1. The highest BCUT2D eigenvalue weighted by atomic mass is 16.5. The molecule has 0 aromatic heterocycles. The molecule has 0 spiro atoms. The molecule has 0 amide bonds. The van der Waals surface area contributed by atoms with E-state index in [1.807, 2.05) is 6.92 Å². The predicted octanol–water partition coefficient (Wildman–Crippen LogP) is 3.80. The Balaban J connectivity index is 2.35. The summed E-state index contributed by atoms with van der Waals surface area (Å²) in [6.07, 6.45) is 1.59. The summed E-state index contributed by atoms with van der Waals surface area (Å²) in [5, 5.41) is 0. The molecule has 0 radical (unpaired) electrons. The molecular formula is C23H30N2O2. The van der Waals surface area contributed by atoms with E-state index in [0.29, 0.717) is 6.61 Å². The van der Waals surface area contributed by atoms with Gasteiger partial charge in [0, 0.05) is 19.2 Å². The van der Waals surface area contributed by atoms with Crippen LogP contribution in [0.4, 0.5) is 0 Å². The van der Waals surface area contributed by atoms with Crippen molar-refractivity contribution in [3.63, 3.8) is 0 Å². The normalized spacial score (nSPS) is 10.9. The second-order valence-corrected chi connectivity index (χ2v) is 7.18. The van der Waals surface area contributed by atoms with Crippen molar-refractivity contribution < 1.29 is 9.53 Å². The van der Waals surface area contributed by atoms with E-state index < -0.39 is 0 Å². The fourth-order valence-electron chi connectivity index (χ4n) is 2.94. The Bertz CT molecular complexity index is 704. The second kappa shape index (κ2) is 10.0. The molecule has 0 saturated carbocycles. The van der Waals surface area contributed by atoms with Gasteiger partial charge in [0.15, 0.2) is 0 Å². The molecule has 0 heterocycles. The SMILES string of the molecule is CCOC(=O)C=C(c1ccc(CN(C)C)cc1)c1ccc(CN(C)C)cc1. The molecule has 0 bridgehead atoms. The molecule has 0 aliphatic carbocycles. The third-order valence-corrected chi connectivity index (χ3v) is 4.08. The Kier molecular flexibility index (Phi) is 7.77. The Morgan fingerprint density at radius 1 is 0.815 bits per heavy atom. The molecule has 0 fully saturated rings. The first-order valence-electron chi connectivity index (χ1n) is 9.25. The fourth-order valence-corrected chi connectivity index (χ4v) is 2.94. The van der Waals surface area contributed by atoms with Crippen molar-refractivity contribution in [3.05, 3.63) is 76.9 Å². The highest BCUT2D eigenvalue weighted by Crippen LogP contribution is 2.25. The molecule has 144 valence electrons. The van der Waals surface area contributed by atoms with Crippen LogP contribution in [0.25, 0.3) is 5.57 Å². The van der Waals surface area contributed by atoms with E-state index in [2.05, 4.69) is 86.5 Å². The van der Waals surface area contributed by atoms with Gasteiger partial charge < -0.3 is 14.5 Å². The first kappa shape index (κ1) is 20.9. The summed E-state index contributed by atoms with van der Waals surface area (Å²) in [4.78, 5) is 16.4. The highest BCUT2D eigenvalue weighted by molar-refractivity contribution is 5.96. The van der Waals surface area contributed by atoms with Gasteiger partial charge in [-0.3, -0.25) is 0 Å². The van der Waals surface area contributed by atoms with Crippen LogP contribution in [0.3, 0.4) is 0 Å². The molecule has 0 N–H and O–H groups in total. The Morgan fingerprint density at radius 2 is 1.22 bits per heavy atom. The van der Waals surface area contributed by atoms with Gasteiger partial charge in [0.25, 0.3) is 0 Å². The van der Waals surface area contributed by atoms with Gasteiger partial charge in [0.2, 0.25) is 0 Å². The second-order valence-electron chi connectivity index (χ2n) is 7.18. The lowest BCUT2D eigenvalue weighted by Gasteiger charge is -2.13. The van der Waals surface area contributed by atoms with Crippen molar-refractivity contribution in [1.82, 2.24) is 9.80 Å². The molecule has 4 nitrogen and oxygen atoms in total. The summed E-state index contributed by atoms with van der Waals surface area (Å²) < 4.78 is 5.14. The van der Waals surface area contributed by atoms with E-state index in [1.165, 1.54) is 11.1 Å². The molecule has 0 saturated heterocycles. The molecular weight excluding hydrogens is 336 g/mol. The third-order valence-electron chi connectivity index (χ3n) is 4.08. The van der Waals surface area contributed by atoms with Crippen LogP contribution in [0.15, 0.2) is 54.6 Å². The average molecular weight is 367 g/mol. The van der Waals surface area contributed by atoms with E-state index in [0.717, 1.165) is 29.8 Å². The number of benzene rings is 2.